The summed E-state index contributed by atoms with van der Waals surface area (Å²) in [4.78, 5) is 4.99. The van der Waals surface area contributed by atoms with Gasteiger partial charge in [-0.15, -0.1) is 11.3 Å². The fraction of sp³-hybridized carbons (Fsp3) is 0.583. The molecule has 1 fully saturated rings. The summed E-state index contributed by atoms with van der Waals surface area (Å²) < 4.78 is 34.6. The highest BCUT2D eigenvalue weighted by Crippen LogP contribution is 2.29. The van der Waals surface area contributed by atoms with Crippen LogP contribution < -0.4 is 5.32 Å². The van der Waals surface area contributed by atoms with Gasteiger partial charge >= 0.3 is 0 Å². The summed E-state index contributed by atoms with van der Waals surface area (Å²) in [5, 5.41) is 4.91. The third-order valence-electron chi connectivity index (χ3n) is 3.60. The summed E-state index contributed by atoms with van der Waals surface area (Å²) >= 11 is 1.41. The SMILES string of the molecule is CCC1CN(S(=O)(=O)c2c(NC)nc3sccn23)CCO1. The van der Waals surface area contributed by atoms with Gasteiger partial charge in [-0.05, 0) is 6.42 Å². The Labute approximate surface area is 127 Å². The van der Waals surface area contributed by atoms with Crippen molar-refractivity contribution < 1.29 is 13.2 Å². The van der Waals surface area contributed by atoms with Crippen molar-refractivity contribution in [1.82, 2.24) is 13.7 Å². The van der Waals surface area contributed by atoms with Gasteiger partial charge in [0.15, 0.2) is 15.8 Å². The monoisotopic (exact) mass is 330 g/mol. The number of rotatable bonds is 4. The van der Waals surface area contributed by atoms with E-state index in [9.17, 15) is 8.42 Å². The van der Waals surface area contributed by atoms with Crippen LogP contribution in [0.15, 0.2) is 16.6 Å². The third kappa shape index (κ3) is 2.44. The fourth-order valence-corrected chi connectivity index (χ4v) is 4.94. The van der Waals surface area contributed by atoms with Crippen LogP contribution in [0.2, 0.25) is 0 Å². The van der Waals surface area contributed by atoms with Crippen LogP contribution in [0.4, 0.5) is 5.82 Å². The molecule has 1 saturated heterocycles. The molecule has 0 radical (unpaired) electrons. The highest BCUT2D eigenvalue weighted by Gasteiger charge is 2.35. The van der Waals surface area contributed by atoms with Crippen LogP contribution in [0.5, 0.6) is 0 Å². The Morgan fingerprint density at radius 1 is 1.57 bits per heavy atom. The van der Waals surface area contributed by atoms with E-state index in [2.05, 4.69) is 10.3 Å². The lowest BCUT2D eigenvalue weighted by atomic mass is 10.2. The molecule has 3 rings (SSSR count). The van der Waals surface area contributed by atoms with E-state index in [4.69, 9.17) is 4.74 Å². The molecule has 21 heavy (non-hydrogen) atoms. The molecule has 0 aliphatic carbocycles. The number of nitrogens with one attached hydrogen (secondary N) is 1. The van der Waals surface area contributed by atoms with Crippen LogP contribution in [0.25, 0.3) is 4.96 Å². The van der Waals surface area contributed by atoms with Crippen molar-refractivity contribution in [2.45, 2.75) is 24.5 Å². The van der Waals surface area contributed by atoms with Gasteiger partial charge in [0.05, 0.1) is 12.7 Å². The van der Waals surface area contributed by atoms with Gasteiger partial charge < -0.3 is 10.1 Å². The molecule has 0 bridgehead atoms. The van der Waals surface area contributed by atoms with Crippen molar-refractivity contribution >= 4 is 32.1 Å². The largest absolute Gasteiger partial charge is 0.375 e. The second-order valence-corrected chi connectivity index (χ2v) is 7.56. The molecular formula is C12H18N4O3S2. The number of nitrogens with zero attached hydrogens (tertiary/aromatic N) is 3. The molecule has 1 unspecified atom stereocenters. The van der Waals surface area contributed by atoms with E-state index in [0.717, 1.165) is 6.42 Å². The summed E-state index contributed by atoms with van der Waals surface area (Å²) in [6, 6.07) is 0. The predicted octanol–water partition coefficient (Wildman–Crippen LogP) is 1.24. The number of anilines is 1. The maximum Gasteiger partial charge on any atom is 0.263 e. The van der Waals surface area contributed by atoms with Gasteiger partial charge in [0.2, 0.25) is 0 Å². The van der Waals surface area contributed by atoms with E-state index in [1.165, 1.54) is 15.6 Å². The number of ether oxygens (including phenoxy) is 1. The maximum atomic E-state index is 13.0. The lowest BCUT2D eigenvalue weighted by molar-refractivity contribution is -0.00284. The van der Waals surface area contributed by atoms with Gasteiger partial charge in [-0.3, -0.25) is 4.40 Å². The van der Waals surface area contributed by atoms with Gasteiger partial charge in [-0.2, -0.15) is 4.31 Å². The molecule has 1 N–H and O–H groups in total. The predicted molar refractivity (Wildman–Crippen MR) is 81.4 cm³/mol. The molecule has 1 aliphatic rings. The lowest BCUT2D eigenvalue weighted by Crippen LogP contribution is -2.45. The first-order valence-electron chi connectivity index (χ1n) is 6.83. The first-order chi connectivity index (χ1) is 10.1. The van der Waals surface area contributed by atoms with E-state index < -0.39 is 10.0 Å². The number of morpholine rings is 1. The van der Waals surface area contributed by atoms with Crippen LogP contribution >= 0.6 is 11.3 Å². The Balaban J connectivity index is 2.05. The molecule has 116 valence electrons. The molecule has 1 aliphatic heterocycles. The van der Waals surface area contributed by atoms with Crippen molar-refractivity contribution in [2.24, 2.45) is 0 Å². The highest BCUT2D eigenvalue weighted by molar-refractivity contribution is 7.89. The Bertz CT molecular complexity index is 737. The van der Waals surface area contributed by atoms with E-state index in [-0.39, 0.29) is 11.1 Å². The Hall–Kier alpha value is -1.16. The molecule has 9 heteroatoms. The first kappa shape index (κ1) is 14.8. The minimum atomic E-state index is -3.60. The molecular weight excluding hydrogens is 312 g/mol. The quantitative estimate of drug-likeness (QED) is 0.913. The fourth-order valence-electron chi connectivity index (χ4n) is 2.45. The zero-order valence-electron chi connectivity index (χ0n) is 11.9. The molecule has 0 spiro atoms. The molecule has 2 aromatic rings. The Morgan fingerprint density at radius 3 is 3.10 bits per heavy atom. The summed E-state index contributed by atoms with van der Waals surface area (Å²) in [5.74, 6) is 0.390. The molecule has 0 amide bonds. The minimum Gasteiger partial charge on any atom is -0.375 e. The number of imidazole rings is 1. The van der Waals surface area contributed by atoms with Gasteiger partial charge in [0, 0.05) is 31.7 Å². The molecule has 0 aromatic carbocycles. The second kappa shape index (κ2) is 5.56. The van der Waals surface area contributed by atoms with Crippen molar-refractivity contribution in [3.63, 3.8) is 0 Å². The first-order valence-corrected chi connectivity index (χ1v) is 9.15. The van der Waals surface area contributed by atoms with Gasteiger partial charge in [-0.1, -0.05) is 6.92 Å². The van der Waals surface area contributed by atoms with Crippen LogP contribution in [0, 0.1) is 0 Å². The van der Waals surface area contributed by atoms with Crippen molar-refractivity contribution in [1.29, 1.82) is 0 Å². The van der Waals surface area contributed by atoms with Gasteiger partial charge in [-0.25, -0.2) is 13.4 Å². The van der Waals surface area contributed by atoms with E-state index >= 15 is 0 Å². The number of thiazole rings is 1. The van der Waals surface area contributed by atoms with Gasteiger partial charge in [0.1, 0.15) is 0 Å². The number of hydrogen-bond donors (Lipinski definition) is 1. The number of sulfonamides is 1. The van der Waals surface area contributed by atoms with Crippen LogP contribution in [-0.2, 0) is 14.8 Å². The summed E-state index contributed by atoms with van der Waals surface area (Å²) in [7, 11) is -1.92. The van der Waals surface area contributed by atoms with E-state index in [0.29, 0.717) is 30.5 Å². The normalized spacial score (nSPS) is 21.0. The second-order valence-electron chi connectivity index (χ2n) is 4.84. The highest BCUT2D eigenvalue weighted by atomic mass is 32.2. The minimum absolute atomic E-state index is 0.0440. The molecule has 7 nitrogen and oxygen atoms in total. The van der Waals surface area contributed by atoms with Gasteiger partial charge in [0.25, 0.3) is 10.0 Å². The van der Waals surface area contributed by atoms with Crippen LogP contribution in [-0.4, -0.2) is 55.0 Å². The Morgan fingerprint density at radius 2 is 2.38 bits per heavy atom. The van der Waals surface area contributed by atoms with Crippen molar-refractivity contribution in [3.05, 3.63) is 11.6 Å². The molecule has 1 atom stereocenters. The third-order valence-corrected chi connectivity index (χ3v) is 6.24. The maximum absolute atomic E-state index is 13.0. The molecule has 2 aromatic heterocycles. The van der Waals surface area contributed by atoms with E-state index in [1.807, 2.05) is 12.3 Å². The zero-order valence-corrected chi connectivity index (χ0v) is 13.6. The number of hydrogen-bond acceptors (Lipinski definition) is 6. The average molecular weight is 330 g/mol. The average Bonchev–Trinajstić information content (AvgIpc) is 3.06. The summed E-state index contributed by atoms with van der Waals surface area (Å²) in [6.07, 6.45) is 2.49. The molecule has 0 saturated carbocycles. The standard InChI is InChI=1S/C12H18N4O3S2/c1-3-9-8-15(4-6-19-9)21(17,18)11-10(13-2)14-12-16(11)5-7-20-12/h5,7,9,13H,3-4,6,8H2,1-2H3. The topological polar surface area (TPSA) is 75.9 Å². The zero-order chi connectivity index (χ0) is 15.0. The molecule has 3 heterocycles. The van der Waals surface area contributed by atoms with Crippen molar-refractivity contribution in [3.8, 4) is 0 Å². The van der Waals surface area contributed by atoms with Crippen LogP contribution in [0.1, 0.15) is 13.3 Å². The van der Waals surface area contributed by atoms with Crippen LogP contribution in [0.3, 0.4) is 0 Å². The summed E-state index contributed by atoms with van der Waals surface area (Å²) in [5.41, 5.74) is 0. The van der Waals surface area contributed by atoms with Crippen molar-refractivity contribution in [2.75, 3.05) is 32.1 Å². The number of fused-ring (bicyclic) bond motifs is 1. The summed E-state index contributed by atoms with van der Waals surface area (Å²) in [6.45, 7) is 3.19. The smallest absolute Gasteiger partial charge is 0.263 e. The van der Waals surface area contributed by atoms with E-state index in [1.54, 1.807) is 17.6 Å². The Kier molecular flexibility index (Phi) is 3.91. The lowest BCUT2D eigenvalue weighted by Gasteiger charge is -2.31. The number of aromatic nitrogens is 2.